The van der Waals surface area contributed by atoms with Gasteiger partial charge in [-0.3, -0.25) is 0 Å². The van der Waals surface area contributed by atoms with Crippen molar-refractivity contribution in [3.05, 3.63) is 0 Å². The van der Waals surface area contributed by atoms with E-state index in [0.717, 1.165) is 6.42 Å². The molecule has 1 unspecified atom stereocenters. The number of nitrogens with one attached hydrogen (secondary N) is 1. The van der Waals surface area contributed by atoms with E-state index in [1.165, 1.54) is 11.4 Å². The van der Waals surface area contributed by atoms with Crippen molar-refractivity contribution in [2.45, 2.75) is 6.42 Å². The van der Waals surface area contributed by atoms with Crippen LogP contribution in [0.3, 0.4) is 0 Å². The molecule has 1 saturated heterocycles. The molecule has 1 aliphatic rings. The third-order valence-corrected chi connectivity index (χ3v) is 3.71. The molecule has 5 nitrogen and oxygen atoms in total. The van der Waals surface area contributed by atoms with E-state index in [-0.39, 0.29) is 0 Å². The van der Waals surface area contributed by atoms with Crippen LogP contribution in [0.2, 0.25) is 0 Å². The largest absolute Gasteiger partial charge is 0.330 e. The summed E-state index contributed by atoms with van der Waals surface area (Å²) in [6, 6.07) is 0. The van der Waals surface area contributed by atoms with Gasteiger partial charge in [-0.05, 0) is 18.9 Å². The molecule has 1 rings (SSSR count). The van der Waals surface area contributed by atoms with Crippen molar-refractivity contribution in [3.8, 4) is 0 Å². The summed E-state index contributed by atoms with van der Waals surface area (Å²) in [6.07, 6.45) is 0.872. The van der Waals surface area contributed by atoms with E-state index in [4.69, 9.17) is 5.73 Å². The first-order chi connectivity index (χ1) is 5.60. The molecule has 1 aliphatic heterocycles. The third-order valence-electron chi connectivity index (χ3n) is 2.18. The van der Waals surface area contributed by atoms with Gasteiger partial charge >= 0.3 is 0 Å². The lowest BCUT2D eigenvalue weighted by Crippen LogP contribution is -2.37. The van der Waals surface area contributed by atoms with Crippen LogP contribution in [-0.4, -0.2) is 39.4 Å². The van der Waals surface area contributed by atoms with Crippen LogP contribution in [0.25, 0.3) is 0 Å². The normalized spacial score (nSPS) is 26.3. The molecule has 72 valence electrons. The summed E-state index contributed by atoms with van der Waals surface area (Å²) in [6.45, 7) is 1.71. The van der Waals surface area contributed by atoms with Crippen molar-refractivity contribution >= 4 is 10.2 Å². The van der Waals surface area contributed by atoms with E-state index in [1.807, 2.05) is 0 Å². The number of nitrogens with zero attached hydrogens (tertiary/aromatic N) is 1. The molecule has 0 spiro atoms. The van der Waals surface area contributed by atoms with Crippen molar-refractivity contribution in [1.82, 2.24) is 9.03 Å². The molecule has 3 N–H and O–H groups in total. The van der Waals surface area contributed by atoms with Crippen LogP contribution in [0.15, 0.2) is 0 Å². The summed E-state index contributed by atoms with van der Waals surface area (Å²) in [5.74, 6) is 0.327. The fourth-order valence-corrected chi connectivity index (χ4v) is 2.35. The molecule has 0 saturated carbocycles. The van der Waals surface area contributed by atoms with E-state index >= 15 is 0 Å². The van der Waals surface area contributed by atoms with E-state index in [9.17, 15) is 8.42 Å². The molecule has 12 heavy (non-hydrogen) atoms. The molecule has 0 aromatic carbocycles. The SMILES string of the molecule is CNS(=O)(=O)N1CCC(CN)C1. The first-order valence-corrected chi connectivity index (χ1v) is 5.43. The molecular formula is C6H15N3O2S. The quantitative estimate of drug-likeness (QED) is 0.587. The summed E-state index contributed by atoms with van der Waals surface area (Å²) >= 11 is 0. The monoisotopic (exact) mass is 193 g/mol. The molecular weight excluding hydrogens is 178 g/mol. The van der Waals surface area contributed by atoms with E-state index in [1.54, 1.807) is 0 Å². The van der Waals surface area contributed by atoms with E-state index < -0.39 is 10.2 Å². The van der Waals surface area contributed by atoms with Crippen molar-refractivity contribution < 1.29 is 8.42 Å². The summed E-state index contributed by atoms with van der Waals surface area (Å²) in [7, 11) is -1.79. The minimum Gasteiger partial charge on any atom is -0.330 e. The number of hydrogen-bond donors (Lipinski definition) is 2. The maximum Gasteiger partial charge on any atom is 0.279 e. The molecule has 1 fully saturated rings. The fourth-order valence-electron chi connectivity index (χ4n) is 1.34. The van der Waals surface area contributed by atoms with Crippen molar-refractivity contribution in [2.24, 2.45) is 11.7 Å². The Morgan fingerprint density at radius 1 is 1.67 bits per heavy atom. The topological polar surface area (TPSA) is 75.4 Å². The second-order valence-electron chi connectivity index (χ2n) is 2.96. The van der Waals surface area contributed by atoms with Crippen LogP contribution < -0.4 is 10.5 Å². The number of nitrogens with two attached hydrogens (primary N) is 1. The minimum absolute atomic E-state index is 0.327. The van der Waals surface area contributed by atoms with Crippen molar-refractivity contribution in [2.75, 3.05) is 26.7 Å². The molecule has 0 radical (unpaired) electrons. The molecule has 1 heterocycles. The Kier molecular flexibility index (Phi) is 3.05. The van der Waals surface area contributed by atoms with Gasteiger partial charge in [0.15, 0.2) is 0 Å². The van der Waals surface area contributed by atoms with Gasteiger partial charge in [-0.25, -0.2) is 4.72 Å². The second-order valence-corrected chi connectivity index (χ2v) is 4.83. The van der Waals surface area contributed by atoms with Gasteiger partial charge in [-0.1, -0.05) is 0 Å². The maximum atomic E-state index is 11.2. The van der Waals surface area contributed by atoms with Crippen LogP contribution in [0, 0.1) is 5.92 Å². The van der Waals surface area contributed by atoms with Crippen LogP contribution in [0.4, 0.5) is 0 Å². The zero-order valence-electron chi connectivity index (χ0n) is 7.16. The van der Waals surface area contributed by atoms with Crippen LogP contribution in [0.5, 0.6) is 0 Å². The standard InChI is InChI=1S/C6H15N3O2S/c1-8-12(10,11)9-3-2-6(4-7)5-9/h6,8H,2-5,7H2,1H3. The van der Waals surface area contributed by atoms with Gasteiger partial charge in [0, 0.05) is 20.1 Å². The molecule has 0 aromatic heterocycles. The zero-order valence-corrected chi connectivity index (χ0v) is 7.97. The van der Waals surface area contributed by atoms with Crippen LogP contribution in [-0.2, 0) is 10.2 Å². The predicted octanol–water partition coefficient (Wildman–Crippen LogP) is -1.27. The van der Waals surface area contributed by atoms with Gasteiger partial charge in [0.1, 0.15) is 0 Å². The molecule has 0 aromatic rings. The molecule has 1 atom stereocenters. The molecule has 6 heteroatoms. The first kappa shape index (κ1) is 9.91. The third kappa shape index (κ3) is 1.95. The lowest BCUT2D eigenvalue weighted by atomic mass is 10.1. The minimum atomic E-state index is -3.21. The Morgan fingerprint density at radius 2 is 2.33 bits per heavy atom. The smallest absolute Gasteiger partial charge is 0.279 e. The highest BCUT2D eigenvalue weighted by Gasteiger charge is 2.29. The highest BCUT2D eigenvalue weighted by molar-refractivity contribution is 7.87. The van der Waals surface area contributed by atoms with Gasteiger partial charge in [-0.2, -0.15) is 12.7 Å². The van der Waals surface area contributed by atoms with Gasteiger partial charge < -0.3 is 5.73 Å². The molecule has 0 bridgehead atoms. The van der Waals surface area contributed by atoms with Crippen LogP contribution >= 0.6 is 0 Å². The van der Waals surface area contributed by atoms with Crippen LogP contribution in [0.1, 0.15) is 6.42 Å². The average Bonchev–Trinajstić information content (AvgIpc) is 2.52. The van der Waals surface area contributed by atoms with Gasteiger partial charge in [0.05, 0.1) is 0 Å². The lowest BCUT2D eigenvalue weighted by Gasteiger charge is -2.14. The van der Waals surface area contributed by atoms with Gasteiger partial charge in [-0.15, -0.1) is 0 Å². The molecule has 0 aliphatic carbocycles. The summed E-state index contributed by atoms with van der Waals surface area (Å²) < 4.78 is 26.2. The Labute approximate surface area is 73.1 Å². The zero-order chi connectivity index (χ0) is 9.19. The summed E-state index contributed by atoms with van der Waals surface area (Å²) in [5, 5.41) is 0. The Balaban J connectivity index is 2.58. The summed E-state index contributed by atoms with van der Waals surface area (Å²) in [4.78, 5) is 0. The number of hydrogen-bond acceptors (Lipinski definition) is 3. The Morgan fingerprint density at radius 3 is 2.75 bits per heavy atom. The molecule has 0 amide bonds. The number of rotatable bonds is 3. The first-order valence-electron chi connectivity index (χ1n) is 3.99. The average molecular weight is 193 g/mol. The second kappa shape index (κ2) is 3.69. The highest BCUT2D eigenvalue weighted by Crippen LogP contribution is 2.16. The van der Waals surface area contributed by atoms with E-state index in [0.29, 0.717) is 25.6 Å². The van der Waals surface area contributed by atoms with E-state index in [2.05, 4.69) is 4.72 Å². The van der Waals surface area contributed by atoms with Crippen molar-refractivity contribution in [1.29, 1.82) is 0 Å². The maximum absolute atomic E-state index is 11.2. The van der Waals surface area contributed by atoms with Gasteiger partial charge in [0.2, 0.25) is 0 Å². The highest BCUT2D eigenvalue weighted by atomic mass is 32.2. The van der Waals surface area contributed by atoms with Crippen molar-refractivity contribution in [3.63, 3.8) is 0 Å². The summed E-state index contributed by atoms with van der Waals surface area (Å²) in [5.41, 5.74) is 5.44. The Bertz CT molecular complexity index is 239. The lowest BCUT2D eigenvalue weighted by molar-refractivity contribution is 0.452. The Hall–Kier alpha value is -0.170. The fraction of sp³-hybridized carbons (Fsp3) is 1.00. The van der Waals surface area contributed by atoms with Gasteiger partial charge in [0.25, 0.3) is 10.2 Å². The predicted molar refractivity (Wildman–Crippen MR) is 46.7 cm³/mol.